The minimum atomic E-state index is -0.377. The van der Waals surface area contributed by atoms with Crippen molar-refractivity contribution in [2.75, 3.05) is 23.4 Å². The number of hydrogen-bond donors (Lipinski definition) is 2. The maximum absolute atomic E-state index is 12.5. The van der Waals surface area contributed by atoms with Gasteiger partial charge in [0, 0.05) is 29.2 Å². The second-order valence-electron chi connectivity index (χ2n) is 8.04. The van der Waals surface area contributed by atoms with Gasteiger partial charge in [0.1, 0.15) is 5.75 Å². The van der Waals surface area contributed by atoms with Crippen LogP contribution in [0.3, 0.4) is 0 Å². The van der Waals surface area contributed by atoms with Crippen molar-refractivity contribution in [2.45, 2.75) is 26.3 Å². The quantitative estimate of drug-likeness (QED) is 0.488. The second-order valence-corrected chi connectivity index (χ2v) is 9.08. The maximum Gasteiger partial charge on any atom is 0.262 e. The predicted molar refractivity (Wildman–Crippen MR) is 133 cm³/mol. The van der Waals surface area contributed by atoms with Crippen molar-refractivity contribution in [3.63, 3.8) is 0 Å². The standard InChI is InChI=1S/C26H27N3O4S/c1-2-18-6-3-4-8-23(18)28-24(30)17-33-21-11-9-20(10-12-21)29-16-19(14-25(29)31)26(32)27-15-22-7-5-13-34-22/h3-13,19H,2,14-17H2,1H3,(H,27,32)(H,28,30)/t19-/m1/s1. The highest BCUT2D eigenvalue weighted by Gasteiger charge is 2.35. The largest absolute Gasteiger partial charge is 0.484 e. The third-order valence-corrected chi connectivity index (χ3v) is 6.58. The molecule has 8 heteroatoms. The van der Waals surface area contributed by atoms with Crippen LogP contribution >= 0.6 is 11.3 Å². The topological polar surface area (TPSA) is 87.7 Å². The van der Waals surface area contributed by atoms with Crippen LogP contribution in [0, 0.1) is 5.92 Å². The fourth-order valence-corrected chi connectivity index (χ4v) is 4.52. The van der Waals surface area contributed by atoms with E-state index in [1.165, 1.54) is 0 Å². The van der Waals surface area contributed by atoms with Crippen molar-refractivity contribution in [3.05, 3.63) is 76.5 Å². The Kier molecular flexibility index (Phi) is 7.59. The summed E-state index contributed by atoms with van der Waals surface area (Å²) in [5.74, 6) is -0.285. The Labute approximate surface area is 202 Å². The van der Waals surface area contributed by atoms with Crippen molar-refractivity contribution in [1.29, 1.82) is 0 Å². The number of nitrogens with one attached hydrogen (secondary N) is 2. The van der Waals surface area contributed by atoms with Gasteiger partial charge in [-0.05, 0) is 53.8 Å². The molecular formula is C26H27N3O4S. The lowest BCUT2D eigenvalue weighted by Crippen LogP contribution is -2.32. The monoisotopic (exact) mass is 477 g/mol. The van der Waals surface area contributed by atoms with Gasteiger partial charge < -0.3 is 20.3 Å². The first kappa shape index (κ1) is 23.5. The van der Waals surface area contributed by atoms with E-state index in [-0.39, 0.29) is 36.7 Å². The van der Waals surface area contributed by atoms with Crippen LogP contribution in [-0.2, 0) is 27.3 Å². The van der Waals surface area contributed by atoms with Gasteiger partial charge in [0.15, 0.2) is 6.61 Å². The highest BCUT2D eigenvalue weighted by molar-refractivity contribution is 7.09. The summed E-state index contributed by atoms with van der Waals surface area (Å²) in [6.45, 7) is 2.74. The third-order valence-electron chi connectivity index (χ3n) is 5.70. The van der Waals surface area contributed by atoms with Crippen LogP contribution in [0.25, 0.3) is 0 Å². The average molecular weight is 478 g/mol. The Bertz CT molecular complexity index is 1150. The van der Waals surface area contributed by atoms with Crippen LogP contribution in [0.2, 0.25) is 0 Å². The third kappa shape index (κ3) is 5.82. The summed E-state index contributed by atoms with van der Waals surface area (Å²) < 4.78 is 5.61. The minimum Gasteiger partial charge on any atom is -0.484 e. The molecular weight excluding hydrogens is 450 g/mol. The summed E-state index contributed by atoms with van der Waals surface area (Å²) in [5.41, 5.74) is 2.55. The van der Waals surface area contributed by atoms with E-state index in [9.17, 15) is 14.4 Å². The Hall–Kier alpha value is -3.65. The second kappa shape index (κ2) is 11.0. The summed E-state index contributed by atoms with van der Waals surface area (Å²) >= 11 is 1.59. The molecule has 0 radical (unpaired) electrons. The van der Waals surface area contributed by atoms with E-state index < -0.39 is 0 Å². The van der Waals surface area contributed by atoms with E-state index in [0.717, 1.165) is 22.5 Å². The van der Waals surface area contributed by atoms with Gasteiger partial charge in [0.2, 0.25) is 11.8 Å². The minimum absolute atomic E-state index is 0.0843. The van der Waals surface area contributed by atoms with Gasteiger partial charge in [0.25, 0.3) is 5.91 Å². The molecule has 176 valence electrons. The van der Waals surface area contributed by atoms with Crippen molar-refractivity contribution < 1.29 is 19.1 Å². The van der Waals surface area contributed by atoms with E-state index in [1.54, 1.807) is 40.5 Å². The summed E-state index contributed by atoms with van der Waals surface area (Å²) in [5, 5.41) is 7.76. The first-order valence-corrected chi connectivity index (χ1v) is 12.1. The van der Waals surface area contributed by atoms with E-state index in [0.29, 0.717) is 24.5 Å². The number of benzene rings is 2. The first-order chi connectivity index (χ1) is 16.5. The van der Waals surface area contributed by atoms with Crippen molar-refractivity contribution >= 4 is 40.4 Å². The fourth-order valence-electron chi connectivity index (χ4n) is 3.87. The zero-order chi connectivity index (χ0) is 23.9. The van der Waals surface area contributed by atoms with E-state index in [4.69, 9.17) is 4.74 Å². The van der Waals surface area contributed by atoms with Crippen molar-refractivity contribution in [1.82, 2.24) is 5.32 Å². The Morgan fingerprint density at radius 2 is 1.88 bits per heavy atom. The molecule has 1 fully saturated rings. The van der Waals surface area contributed by atoms with Gasteiger partial charge in [-0.1, -0.05) is 31.2 Å². The Morgan fingerprint density at radius 1 is 1.09 bits per heavy atom. The molecule has 4 rings (SSSR count). The van der Waals surface area contributed by atoms with Gasteiger partial charge in [-0.25, -0.2) is 0 Å². The highest BCUT2D eigenvalue weighted by atomic mass is 32.1. The predicted octanol–water partition coefficient (Wildman–Crippen LogP) is 4.00. The van der Waals surface area contributed by atoms with E-state index in [2.05, 4.69) is 10.6 Å². The van der Waals surface area contributed by atoms with E-state index >= 15 is 0 Å². The van der Waals surface area contributed by atoms with Gasteiger partial charge in [-0.3, -0.25) is 14.4 Å². The van der Waals surface area contributed by atoms with Crippen molar-refractivity contribution in [2.24, 2.45) is 5.92 Å². The molecule has 3 amide bonds. The van der Waals surface area contributed by atoms with Gasteiger partial charge in [-0.2, -0.15) is 0 Å². The van der Waals surface area contributed by atoms with Crippen molar-refractivity contribution in [3.8, 4) is 5.75 Å². The molecule has 7 nitrogen and oxygen atoms in total. The molecule has 0 unspecified atom stereocenters. The molecule has 1 atom stereocenters. The van der Waals surface area contributed by atoms with E-state index in [1.807, 2.05) is 48.7 Å². The lowest BCUT2D eigenvalue weighted by molar-refractivity contribution is -0.126. The van der Waals surface area contributed by atoms with Crippen LogP contribution in [0.4, 0.5) is 11.4 Å². The average Bonchev–Trinajstić information content (AvgIpc) is 3.52. The zero-order valence-corrected chi connectivity index (χ0v) is 19.8. The molecule has 1 aromatic heterocycles. The van der Waals surface area contributed by atoms with Gasteiger partial charge >= 0.3 is 0 Å². The number of ether oxygens (including phenoxy) is 1. The van der Waals surface area contributed by atoms with Gasteiger partial charge in [-0.15, -0.1) is 11.3 Å². The summed E-state index contributed by atoms with van der Waals surface area (Å²) in [7, 11) is 0. The molecule has 1 aliphatic heterocycles. The number of amides is 3. The molecule has 0 saturated carbocycles. The number of anilines is 2. The summed E-state index contributed by atoms with van der Waals surface area (Å²) in [6.07, 6.45) is 1.01. The molecule has 0 bridgehead atoms. The number of hydrogen-bond acceptors (Lipinski definition) is 5. The highest BCUT2D eigenvalue weighted by Crippen LogP contribution is 2.27. The summed E-state index contributed by atoms with van der Waals surface area (Å²) in [6, 6.07) is 18.6. The molecule has 1 saturated heterocycles. The number of thiophene rings is 1. The van der Waals surface area contributed by atoms with Crippen LogP contribution in [0.1, 0.15) is 23.8 Å². The zero-order valence-electron chi connectivity index (χ0n) is 19.0. The normalized spacial score (nSPS) is 15.3. The molecule has 2 heterocycles. The molecule has 0 spiro atoms. The molecule has 0 aliphatic carbocycles. The Morgan fingerprint density at radius 3 is 2.62 bits per heavy atom. The fraction of sp³-hybridized carbons (Fsp3) is 0.269. The number of aryl methyl sites for hydroxylation is 1. The number of para-hydroxylation sites is 1. The SMILES string of the molecule is CCc1ccccc1NC(=O)COc1ccc(N2C[C@H](C(=O)NCc3cccs3)CC2=O)cc1. The van der Waals surface area contributed by atoms with Crippen LogP contribution in [-0.4, -0.2) is 30.9 Å². The molecule has 1 aliphatic rings. The maximum atomic E-state index is 12.5. The molecule has 2 aromatic carbocycles. The van der Waals surface area contributed by atoms with Crippen LogP contribution < -0.4 is 20.3 Å². The number of nitrogens with zero attached hydrogens (tertiary/aromatic N) is 1. The number of carbonyl (C=O) groups is 3. The molecule has 2 N–H and O–H groups in total. The summed E-state index contributed by atoms with van der Waals surface area (Å²) in [4.78, 5) is 40.0. The molecule has 34 heavy (non-hydrogen) atoms. The lowest BCUT2D eigenvalue weighted by Gasteiger charge is -2.17. The van der Waals surface area contributed by atoms with Crippen LogP contribution in [0.5, 0.6) is 5.75 Å². The first-order valence-electron chi connectivity index (χ1n) is 11.2. The number of carbonyl (C=O) groups excluding carboxylic acids is 3. The number of rotatable bonds is 9. The van der Waals surface area contributed by atoms with Gasteiger partial charge in [0.05, 0.1) is 12.5 Å². The molecule has 3 aromatic rings. The Balaban J connectivity index is 1.27. The smallest absolute Gasteiger partial charge is 0.262 e. The van der Waals surface area contributed by atoms with Crippen LogP contribution in [0.15, 0.2) is 66.0 Å². The lowest BCUT2D eigenvalue weighted by atomic mass is 10.1.